The van der Waals surface area contributed by atoms with Gasteiger partial charge in [-0.05, 0) is 35.9 Å². The highest BCUT2D eigenvalue weighted by Crippen LogP contribution is 2.31. The van der Waals surface area contributed by atoms with Gasteiger partial charge in [0, 0.05) is 16.0 Å². The number of rotatable bonds is 2. The summed E-state index contributed by atoms with van der Waals surface area (Å²) in [7, 11) is 1.64. The quantitative estimate of drug-likeness (QED) is 0.606. The molecule has 0 aliphatic heterocycles. The highest BCUT2D eigenvalue weighted by molar-refractivity contribution is 6.33. The zero-order valence-corrected chi connectivity index (χ0v) is 12.2. The second-order valence-corrected chi connectivity index (χ2v) is 5.19. The fourth-order valence-electron chi connectivity index (χ4n) is 2.09. The van der Waals surface area contributed by atoms with E-state index in [1.165, 1.54) is 0 Å². The Kier molecular flexibility index (Phi) is 3.51. The monoisotopic (exact) mass is 303 g/mol. The summed E-state index contributed by atoms with van der Waals surface area (Å²) in [5.74, 6) is 0.811. The molecule has 4 heteroatoms. The highest BCUT2D eigenvalue weighted by Gasteiger charge is 2.08. The van der Waals surface area contributed by atoms with Crippen molar-refractivity contribution in [2.24, 2.45) is 0 Å². The number of benzene rings is 2. The second-order valence-electron chi connectivity index (χ2n) is 4.39. The van der Waals surface area contributed by atoms with Gasteiger partial charge in [0.2, 0.25) is 0 Å². The maximum Gasteiger partial charge on any atom is 0.137 e. The van der Waals surface area contributed by atoms with Gasteiger partial charge in [0.15, 0.2) is 0 Å². The van der Waals surface area contributed by atoms with Crippen LogP contribution in [0.25, 0.3) is 22.0 Å². The van der Waals surface area contributed by atoms with Crippen LogP contribution in [0.5, 0.6) is 5.75 Å². The predicted molar refractivity (Wildman–Crippen MR) is 83.8 cm³/mol. The zero-order valence-electron chi connectivity index (χ0n) is 10.7. The molecule has 1 aromatic heterocycles. The number of hydrogen-bond donors (Lipinski definition) is 0. The minimum atomic E-state index is 0.463. The molecule has 0 N–H and O–H groups in total. The Labute approximate surface area is 126 Å². The molecule has 0 bridgehead atoms. The zero-order chi connectivity index (χ0) is 14.1. The molecule has 1 heterocycles. The molecule has 2 aromatic carbocycles. The third kappa shape index (κ3) is 2.45. The summed E-state index contributed by atoms with van der Waals surface area (Å²) in [5.41, 5.74) is 2.68. The predicted octanol–water partition coefficient (Wildman–Crippen LogP) is 5.22. The van der Waals surface area contributed by atoms with Gasteiger partial charge in [0.05, 0.1) is 12.6 Å². The Morgan fingerprint density at radius 1 is 0.950 bits per heavy atom. The normalized spacial score (nSPS) is 10.8. The first-order valence-corrected chi connectivity index (χ1v) is 6.83. The number of fused-ring (bicyclic) bond motifs is 1. The van der Waals surface area contributed by atoms with Crippen LogP contribution < -0.4 is 4.74 Å². The van der Waals surface area contributed by atoms with E-state index in [1.54, 1.807) is 13.2 Å². The summed E-state index contributed by atoms with van der Waals surface area (Å²) in [6.45, 7) is 0. The molecule has 2 nitrogen and oxygen atoms in total. The van der Waals surface area contributed by atoms with Crippen molar-refractivity contribution in [2.45, 2.75) is 0 Å². The molecule has 100 valence electrons. The molecule has 3 aromatic rings. The molecule has 0 saturated heterocycles. The smallest absolute Gasteiger partial charge is 0.137 e. The molecule has 0 saturated carbocycles. The van der Waals surface area contributed by atoms with Crippen LogP contribution in [0.2, 0.25) is 10.2 Å². The van der Waals surface area contributed by atoms with E-state index in [-0.39, 0.29) is 0 Å². The summed E-state index contributed by atoms with van der Waals surface area (Å²) < 4.78 is 5.16. The number of nitrogens with zero attached hydrogens (tertiary/aromatic N) is 1. The fourth-order valence-corrected chi connectivity index (χ4v) is 2.51. The van der Waals surface area contributed by atoms with Gasteiger partial charge in [-0.15, -0.1) is 0 Å². The van der Waals surface area contributed by atoms with Crippen molar-refractivity contribution in [3.63, 3.8) is 0 Å². The van der Waals surface area contributed by atoms with Gasteiger partial charge in [-0.2, -0.15) is 0 Å². The van der Waals surface area contributed by atoms with E-state index in [0.29, 0.717) is 10.2 Å². The topological polar surface area (TPSA) is 22.1 Å². The minimum absolute atomic E-state index is 0.463. The molecule has 0 aliphatic carbocycles. The molecule has 0 aliphatic rings. The maximum absolute atomic E-state index is 6.28. The molecule has 3 rings (SSSR count). The average molecular weight is 304 g/mol. The van der Waals surface area contributed by atoms with E-state index in [0.717, 1.165) is 27.8 Å². The van der Waals surface area contributed by atoms with Crippen molar-refractivity contribution < 1.29 is 4.74 Å². The van der Waals surface area contributed by atoms with Crippen LogP contribution in [0.3, 0.4) is 0 Å². The molecular weight excluding hydrogens is 293 g/mol. The second kappa shape index (κ2) is 5.31. The van der Waals surface area contributed by atoms with Crippen LogP contribution in [-0.2, 0) is 0 Å². The van der Waals surface area contributed by atoms with Crippen molar-refractivity contribution in [1.29, 1.82) is 0 Å². The minimum Gasteiger partial charge on any atom is -0.497 e. The van der Waals surface area contributed by atoms with Crippen LogP contribution in [0.1, 0.15) is 0 Å². The molecule has 20 heavy (non-hydrogen) atoms. The van der Waals surface area contributed by atoms with Crippen molar-refractivity contribution in [2.75, 3.05) is 7.11 Å². The van der Waals surface area contributed by atoms with E-state index in [1.807, 2.05) is 42.5 Å². The van der Waals surface area contributed by atoms with Gasteiger partial charge in [-0.1, -0.05) is 41.4 Å². The van der Waals surface area contributed by atoms with Crippen molar-refractivity contribution in [3.05, 3.63) is 58.7 Å². The molecular formula is C16H11Cl2NO. The number of methoxy groups -OCH3 is 1. The van der Waals surface area contributed by atoms with Gasteiger partial charge in [-0.3, -0.25) is 0 Å². The maximum atomic E-state index is 6.28. The number of pyridine rings is 1. The largest absolute Gasteiger partial charge is 0.497 e. The molecule has 0 amide bonds. The Hall–Kier alpha value is -1.77. The van der Waals surface area contributed by atoms with Gasteiger partial charge in [0.1, 0.15) is 10.9 Å². The van der Waals surface area contributed by atoms with Gasteiger partial charge in [-0.25, -0.2) is 4.98 Å². The van der Waals surface area contributed by atoms with Gasteiger partial charge in [0.25, 0.3) is 0 Å². The van der Waals surface area contributed by atoms with E-state index < -0.39 is 0 Å². The van der Waals surface area contributed by atoms with Gasteiger partial charge < -0.3 is 4.74 Å². The number of aromatic nitrogens is 1. The Balaban J connectivity index is 2.14. The van der Waals surface area contributed by atoms with E-state index in [4.69, 9.17) is 27.9 Å². The summed E-state index contributed by atoms with van der Waals surface area (Å²) >= 11 is 12.2. The van der Waals surface area contributed by atoms with E-state index >= 15 is 0 Å². The Morgan fingerprint density at radius 3 is 2.40 bits per heavy atom. The first-order chi connectivity index (χ1) is 9.67. The molecule has 0 fully saturated rings. The molecule has 0 atom stereocenters. The first kappa shape index (κ1) is 13.2. The molecule has 0 spiro atoms. The van der Waals surface area contributed by atoms with Crippen LogP contribution in [-0.4, -0.2) is 12.1 Å². The van der Waals surface area contributed by atoms with Crippen LogP contribution in [0.4, 0.5) is 0 Å². The lowest BCUT2D eigenvalue weighted by atomic mass is 10.1. The van der Waals surface area contributed by atoms with E-state index in [9.17, 15) is 0 Å². The lowest BCUT2D eigenvalue weighted by Crippen LogP contribution is -1.87. The summed E-state index contributed by atoms with van der Waals surface area (Å²) in [6, 6.07) is 15.3. The van der Waals surface area contributed by atoms with E-state index in [2.05, 4.69) is 4.98 Å². The molecule has 0 radical (unpaired) electrons. The number of ether oxygens (including phenoxy) is 1. The summed E-state index contributed by atoms with van der Waals surface area (Å²) in [6.07, 6.45) is 0. The molecule has 0 unspecified atom stereocenters. The van der Waals surface area contributed by atoms with Gasteiger partial charge >= 0.3 is 0 Å². The third-order valence-corrected chi connectivity index (χ3v) is 3.66. The van der Waals surface area contributed by atoms with Crippen LogP contribution in [0, 0.1) is 0 Å². The number of halogens is 2. The van der Waals surface area contributed by atoms with Crippen molar-refractivity contribution in [1.82, 2.24) is 4.98 Å². The summed E-state index contributed by atoms with van der Waals surface area (Å²) in [4.78, 5) is 4.41. The lowest BCUT2D eigenvalue weighted by molar-refractivity contribution is 0.415. The van der Waals surface area contributed by atoms with Crippen molar-refractivity contribution >= 4 is 34.1 Å². The SMILES string of the molecule is COc1ccc(-c2cc3ccc(Cl)cc3nc2Cl)cc1. The van der Waals surface area contributed by atoms with Crippen LogP contribution in [0.15, 0.2) is 48.5 Å². The van der Waals surface area contributed by atoms with Crippen molar-refractivity contribution in [3.8, 4) is 16.9 Å². The first-order valence-electron chi connectivity index (χ1n) is 6.07. The standard InChI is InChI=1S/C16H11Cl2NO/c1-20-13-6-3-10(4-7-13)14-8-11-2-5-12(17)9-15(11)19-16(14)18/h2-9H,1H3. The summed E-state index contributed by atoms with van der Waals surface area (Å²) in [5, 5.41) is 2.12. The third-order valence-electron chi connectivity index (χ3n) is 3.13. The lowest BCUT2D eigenvalue weighted by Gasteiger charge is -2.07. The van der Waals surface area contributed by atoms with Crippen LogP contribution >= 0.6 is 23.2 Å². The average Bonchev–Trinajstić information content (AvgIpc) is 2.46. The fraction of sp³-hybridized carbons (Fsp3) is 0.0625. The Morgan fingerprint density at radius 2 is 1.70 bits per heavy atom. The number of hydrogen-bond acceptors (Lipinski definition) is 2. The Bertz CT molecular complexity index is 769. The highest BCUT2D eigenvalue weighted by atomic mass is 35.5.